The molecule has 2 N–H and O–H groups in total. The van der Waals surface area contributed by atoms with Crippen LogP contribution in [0.2, 0.25) is 0 Å². The number of para-hydroxylation sites is 2. The van der Waals surface area contributed by atoms with Crippen molar-refractivity contribution in [3.8, 4) is 5.75 Å². The zero-order valence-electron chi connectivity index (χ0n) is 19.2. The highest BCUT2D eigenvalue weighted by atomic mass is 32.1. The fourth-order valence-electron chi connectivity index (χ4n) is 5.22. The van der Waals surface area contributed by atoms with Crippen molar-refractivity contribution in [1.29, 1.82) is 0 Å². The summed E-state index contributed by atoms with van der Waals surface area (Å²) in [5.41, 5.74) is 2.58. The molecule has 32 heavy (non-hydrogen) atoms. The first-order valence-electron chi connectivity index (χ1n) is 12.0. The fraction of sp³-hybridized carbons (Fsp3) is 0.600. The van der Waals surface area contributed by atoms with Gasteiger partial charge < -0.3 is 25.2 Å². The van der Waals surface area contributed by atoms with Gasteiger partial charge in [-0.15, -0.1) is 0 Å². The van der Waals surface area contributed by atoms with E-state index < -0.39 is 0 Å². The summed E-state index contributed by atoms with van der Waals surface area (Å²) in [4.78, 5) is 17.0. The average molecular weight is 457 g/mol. The number of anilines is 1. The molecule has 2 aliphatic heterocycles. The molecule has 4 rings (SSSR count). The van der Waals surface area contributed by atoms with Crippen LogP contribution in [0.25, 0.3) is 0 Å². The van der Waals surface area contributed by atoms with Crippen LogP contribution in [0.5, 0.6) is 5.75 Å². The van der Waals surface area contributed by atoms with Crippen LogP contribution in [0.1, 0.15) is 51.4 Å². The van der Waals surface area contributed by atoms with Gasteiger partial charge in [0, 0.05) is 32.7 Å². The zero-order valence-corrected chi connectivity index (χ0v) is 20.0. The number of carbonyl (C=O) groups is 1. The molecule has 0 bridgehead atoms. The van der Waals surface area contributed by atoms with Gasteiger partial charge >= 0.3 is 6.03 Å². The number of ether oxygens (including phenoxy) is 1. The number of methoxy groups -OCH3 is 1. The van der Waals surface area contributed by atoms with Gasteiger partial charge in [-0.3, -0.25) is 0 Å². The van der Waals surface area contributed by atoms with Gasteiger partial charge in [-0.1, -0.05) is 23.8 Å². The minimum atomic E-state index is -0.0478. The number of urea groups is 1. The summed E-state index contributed by atoms with van der Waals surface area (Å²) in [6, 6.07) is 7.48. The van der Waals surface area contributed by atoms with Crippen molar-refractivity contribution in [2.24, 2.45) is 5.41 Å². The lowest BCUT2D eigenvalue weighted by molar-refractivity contribution is 0.132. The van der Waals surface area contributed by atoms with Crippen LogP contribution in [0, 0.1) is 5.41 Å². The van der Waals surface area contributed by atoms with E-state index in [1.165, 1.54) is 25.7 Å². The number of nitrogens with one attached hydrogen (secondary N) is 2. The molecular weight excluding hydrogens is 420 g/mol. The highest BCUT2D eigenvalue weighted by Gasteiger charge is 2.42. The number of benzene rings is 1. The van der Waals surface area contributed by atoms with Crippen molar-refractivity contribution in [2.75, 3.05) is 45.2 Å². The maximum Gasteiger partial charge on any atom is 0.321 e. The van der Waals surface area contributed by atoms with E-state index >= 15 is 0 Å². The predicted molar refractivity (Wildman–Crippen MR) is 133 cm³/mol. The van der Waals surface area contributed by atoms with Crippen molar-refractivity contribution in [1.82, 2.24) is 15.1 Å². The van der Waals surface area contributed by atoms with Crippen LogP contribution in [0.15, 0.2) is 35.9 Å². The number of piperidine rings is 1. The Balaban J connectivity index is 1.21. The molecule has 2 heterocycles. The highest BCUT2D eigenvalue weighted by Crippen LogP contribution is 2.40. The van der Waals surface area contributed by atoms with Crippen LogP contribution in [0.4, 0.5) is 10.5 Å². The number of hydrogen-bond acceptors (Lipinski definition) is 3. The SMILES string of the molecule is COc1ccccc1NC(=O)N1CCC2(CC1)CCN(C(=S)NCCC1=CCCCC1)C2. The first kappa shape index (κ1) is 22.9. The number of thiocarbonyl (C=S) groups is 1. The molecule has 0 atom stereocenters. The predicted octanol–water partition coefficient (Wildman–Crippen LogP) is 4.78. The number of likely N-dealkylation sites (tertiary alicyclic amines) is 2. The van der Waals surface area contributed by atoms with Crippen molar-refractivity contribution in [3.63, 3.8) is 0 Å². The van der Waals surface area contributed by atoms with E-state index in [-0.39, 0.29) is 11.4 Å². The molecule has 1 aliphatic carbocycles. The molecular formula is C25H36N4O2S. The van der Waals surface area contributed by atoms with E-state index in [1.54, 1.807) is 12.7 Å². The summed E-state index contributed by atoms with van der Waals surface area (Å²) < 4.78 is 5.35. The van der Waals surface area contributed by atoms with Crippen LogP contribution < -0.4 is 15.4 Å². The third kappa shape index (κ3) is 5.55. The minimum absolute atomic E-state index is 0.0478. The molecule has 1 aromatic carbocycles. The number of allylic oxidation sites excluding steroid dienone is 1. The molecule has 2 fully saturated rings. The Morgan fingerprint density at radius 3 is 2.59 bits per heavy atom. The lowest BCUT2D eigenvalue weighted by Gasteiger charge is -2.39. The van der Waals surface area contributed by atoms with Crippen LogP contribution in [-0.2, 0) is 0 Å². The van der Waals surface area contributed by atoms with Gasteiger partial charge in [0.15, 0.2) is 5.11 Å². The minimum Gasteiger partial charge on any atom is -0.495 e. The standard InChI is InChI=1S/C25H36N4O2S/c1-31-22-10-6-5-9-21(22)27-23(30)28-16-12-25(13-17-28)14-18-29(19-25)24(32)26-15-11-20-7-3-2-4-8-20/h5-7,9-10H,2-4,8,11-19H2,1H3,(H,26,32)(H,27,30). The number of rotatable bonds is 5. The van der Waals surface area contributed by atoms with Gasteiger partial charge in [-0.05, 0) is 81.1 Å². The summed E-state index contributed by atoms with van der Waals surface area (Å²) in [5, 5.41) is 7.39. The van der Waals surface area contributed by atoms with Gasteiger partial charge in [0.2, 0.25) is 0 Å². The Morgan fingerprint density at radius 2 is 1.88 bits per heavy atom. The molecule has 3 aliphatic rings. The molecule has 1 spiro atoms. The lowest BCUT2D eigenvalue weighted by Crippen LogP contribution is -2.47. The third-order valence-corrected chi connectivity index (χ3v) is 7.70. The van der Waals surface area contributed by atoms with E-state index in [0.29, 0.717) is 11.4 Å². The highest BCUT2D eigenvalue weighted by molar-refractivity contribution is 7.80. The first-order chi connectivity index (χ1) is 15.6. The molecule has 174 valence electrons. The Labute approximate surface area is 197 Å². The Morgan fingerprint density at radius 1 is 1.12 bits per heavy atom. The van der Waals surface area contributed by atoms with Gasteiger partial charge in [0.25, 0.3) is 0 Å². The van der Waals surface area contributed by atoms with E-state index in [9.17, 15) is 4.79 Å². The van der Waals surface area contributed by atoms with Crippen LogP contribution >= 0.6 is 12.2 Å². The molecule has 0 radical (unpaired) electrons. The second kappa shape index (κ2) is 10.6. The van der Waals surface area contributed by atoms with Gasteiger partial charge in [-0.25, -0.2) is 4.79 Å². The maximum atomic E-state index is 12.8. The zero-order chi connectivity index (χ0) is 22.4. The second-order valence-corrected chi connectivity index (χ2v) is 9.77. The van der Waals surface area contributed by atoms with Crippen LogP contribution in [0.3, 0.4) is 0 Å². The second-order valence-electron chi connectivity index (χ2n) is 9.38. The Kier molecular flexibility index (Phi) is 7.55. The molecule has 1 aromatic rings. The molecule has 0 aromatic heterocycles. The molecule has 6 nitrogen and oxygen atoms in total. The summed E-state index contributed by atoms with van der Waals surface area (Å²) >= 11 is 5.70. The maximum absolute atomic E-state index is 12.8. The Bertz CT molecular complexity index is 848. The third-order valence-electron chi connectivity index (χ3n) is 7.29. The van der Waals surface area contributed by atoms with Crippen LogP contribution in [-0.4, -0.2) is 60.8 Å². The summed E-state index contributed by atoms with van der Waals surface area (Å²) in [7, 11) is 1.62. The normalized spacial score (nSPS) is 20.1. The van der Waals surface area contributed by atoms with E-state index in [1.807, 2.05) is 29.2 Å². The Hall–Kier alpha value is -2.28. The number of carbonyl (C=O) groups excluding carboxylic acids is 1. The number of hydrogen-bond donors (Lipinski definition) is 2. The molecule has 2 amide bonds. The van der Waals surface area contributed by atoms with Gasteiger partial charge in [-0.2, -0.15) is 0 Å². The number of nitrogens with zero attached hydrogens (tertiary/aromatic N) is 2. The smallest absolute Gasteiger partial charge is 0.321 e. The largest absolute Gasteiger partial charge is 0.495 e. The van der Waals surface area contributed by atoms with Crippen molar-refractivity contribution in [3.05, 3.63) is 35.9 Å². The van der Waals surface area contributed by atoms with Crippen molar-refractivity contribution < 1.29 is 9.53 Å². The van der Waals surface area contributed by atoms with E-state index in [2.05, 4.69) is 21.6 Å². The number of amides is 2. The molecule has 7 heteroatoms. The molecule has 0 saturated carbocycles. The fourth-order valence-corrected chi connectivity index (χ4v) is 5.47. The molecule has 2 saturated heterocycles. The summed E-state index contributed by atoms with van der Waals surface area (Å²) in [6.45, 7) is 4.52. The molecule has 0 unspecified atom stereocenters. The first-order valence-corrected chi connectivity index (χ1v) is 12.4. The van der Waals surface area contributed by atoms with E-state index in [0.717, 1.165) is 63.5 Å². The van der Waals surface area contributed by atoms with Crippen molar-refractivity contribution >= 4 is 29.0 Å². The average Bonchev–Trinajstić information content (AvgIpc) is 3.24. The topological polar surface area (TPSA) is 56.8 Å². The van der Waals surface area contributed by atoms with E-state index in [4.69, 9.17) is 17.0 Å². The van der Waals surface area contributed by atoms with Crippen molar-refractivity contribution in [2.45, 2.75) is 51.4 Å². The summed E-state index contributed by atoms with van der Waals surface area (Å²) in [6.07, 6.45) is 11.9. The lowest BCUT2D eigenvalue weighted by atomic mass is 9.78. The quantitative estimate of drug-likeness (QED) is 0.493. The summed E-state index contributed by atoms with van der Waals surface area (Å²) in [5.74, 6) is 0.682. The monoisotopic (exact) mass is 456 g/mol. The van der Waals surface area contributed by atoms with Gasteiger partial charge in [0.05, 0.1) is 12.8 Å². The van der Waals surface area contributed by atoms with Gasteiger partial charge in [0.1, 0.15) is 5.75 Å².